The molecule has 6 nitrogen and oxygen atoms in total. The van der Waals surface area contributed by atoms with E-state index < -0.39 is 0 Å². The summed E-state index contributed by atoms with van der Waals surface area (Å²) in [7, 11) is 8.83. The van der Waals surface area contributed by atoms with Crippen molar-refractivity contribution < 1.29 is 9.63 Å². The Morgan fingerprint density at radius 1 is 1.03 bits per heavy atom. The molecular weight excluding hydrogens is 412 g/mol. The van der Waals surface area contributed by atoms with Crippen molar-refractivity contribution in [1.29, 1.82) is 0 Å². The van der Waals surface area contributed by atoms with E-state index in [2.05, 4.69) is 4.99 Å². The summed E-state index contributed by atoms with van der Waals surface area (Å²) in [5.41, 5.74) is 6.13. The maximum absolute atomic E-state index is 13.2. The van der Waals surface area contributed by atoms with E-state index in [0.717, 1.165) is 33.6 Å². The molecule has 0 fully saturated rings. The molecule has 0 aliphatic carbocycles. The van der Waals surface area contributed by atoms with Crippen LogP contribution in [0.4, 0.5) is 5.69 Å². The molecule has 3 rings (SSSR count). The molecule has 1 amide bonds. The van der Waals surface area contributed by atoms with E-state index >= 15 is 0 Å². The first-order valence-corrected chi connectivity index (χ1v) is 10.2. The van der Waals surface area contributed by atoms with Gasteiger partial charge in [-0.2, -0.15) is 0 Å². The standard InChI is InChI=1S/C24H27ClN4O2/c1-16-21(17-9-13-20(14-10-17)26-15-27(2)3)23(24(30)29(5)31-6)28(4)22(16)18-7-11-19(25)12-8-18/h7-15H,1-6H3. The average Bonchev–Trinajstić information content (AvgIpc) is 3.02. The van der Waals surface area contributed by atoms with Crippen molar-refractivity contribution in [1.82, 2.24) is 14.5 Å². The summed E-state index contributed by atoms with van der Waals surface area (Å²) in [4.78, 5) is 24.7. The van der Waals surface area contributed by atoms with Gasteiger partial charge in [0.15, 0.2) is 0 Å². The maximum Gasteiger partial charge on any atom is 0.294 e. The highest BCUT2D eigenvalue weighted by Crippen LogP contribution is 2.38. The van der Waals surface area contributed by atoms with Crippen LogP contribution in [0.3, 0.4) is 0 Å². The molecule has 0 spiro atoms. The van der Waals surface area contributed by atoms with E-state index in [4.69, 9.17) is 16.4 Å². The zero-order chi connectivity index (χ0) is 22.7. The first kappa shape index (κ1) is 22.6. The Morgan fingerprint density at radius 2 is 1.61 bits per heavy atom. The van der Waals surface area contributed by atoms with Crippen molar-refractivity contribution in [3.63, 3.8) is 0 Å². The number of carbonyl (C=O) groups is 1. The molecule has 31 heavy (non-hydrogen) atoms. The van der Waals surface area contributed by atoms with Gasteiger partial charge in [-0.15, -0.1) is 0 Å². The lowest BCUT2D eigenvalue weighted by atomic mass is 9.98. The van der Waals surface area contributed by atoms with Crippen LogP contribution >= 0.6 is 11.6 Å². The van der Waals surface area contributed by atoms with E-state index in [0.29, 0.717) is 10.7 Å². The van der Waals surface area contributed by atoms with Gasteiger partial charge in [0.25, 0.3) is 5.91 Å². The van der Waals surface area contributed by atoms with Crippen LogP contribution in [0, 0.1) is 6.92 Å². The topological polar surface area (TPSA) is 50.1 Å². The minimum absolute atomic E-state index is 0.224. The minimum atomic E-state index is -0.224. The highest BCUT2D eigenvalue weighted by atomic mass is 35.5. The number of nitrogens with zero attached hydrogens (tertiary/aromatic N) is 4. The SMILES string of the molecule is CON(C)C(=O)c1c(-c2ccc(N=CN(C)C)cc2)c(C)c(-c2ccc(Cl)cc2)n1C. The van der Waals surface area contributed by atoms with E-state index in [1.165, 1.54) is 12.2 Å². The Morgan fingerprint density at radius 3 is 2.16 bits per heavy atom. The van der Waals surface area contributed by atoms with Gasteiger partial charge in [0, 0.05) is 38.8 Å². The number of rotatable bonds is 6. The number of aliphatic imine (C=N–C) groups is 1. The molecule has 0 saturated carbocycles. The predicted molar refractivity (Wildman–Crippen MR) is 127 cm³/mol. The van der Waals surface area contributed by atoms with Crippen LogP contribution in [0.2, 0.25) is 5.02 Å². The summed E-state index contributed by atoms with van der Waals surface area (Å²) >= 11 is 6.08. The summed E-state index contributed by atoms with van der Waals surface area (Å²) in [6, 6.07) is 15.5. The van der Waals surface area contributed by atoms with Crippen LogP contribution in [0.15, 0.2) is 53.5 Å². The van der Waals surface area contributed by atoms with Crippen LogP contribution < -0.4 is 0 Å². The highest BCUT2D eigenvalue weighted by Gasteiger charge is 2.27. The third-order valence-electron chi connectivity index (χ3n) is 5.11. The average molecular weight is 439 g/mol. The quantitative estimate of drug-likeness (QED) is 0.303. The van der Waals surface area contributed by atoms with Gasteiger partial charge in [0.1, 0.15) is 5.69 Å². The lowest BCUT2D eigenvalue weighted by Crippen LogP contribution is -2.27. The Balaban J connectivity index is 2.19. The normalized spacial score (nSPS) is 11.2. The van der Waals surface area contributed by atoms with E-state index in [-0.39, 0.29) is 5.91 Å². The lowest BCUT2D eigenvalue weighted by molar-refractivity contribution is -0.0761. The van der Waals surface area contributed by atoms with Gasteiger partial charge in [0.2, 0.25) is 0 Å². The van der Waals surface area contributed by atoms with E-state index in [9.17, 15) is 4.79 Å². The summed E-state index contributed by atoms with van der Waals surface area (Å²) in [6.45, 7) is 2.03. The highest BCUT2D eigenvalue weighted by molar-refractivity contribution is 6.30. The van der Waals surface area contributed by atoms with Crippen LogP contribution in [-0.2, 0) is 11.9 Å². The molecule has 0 bridgehead atoms. The second-order valence-electron chi connectivity index (χ2n) is 7.50. The third kappa shape index (κ3) is 4.65. The first-order chi connectivity index (χ1) is 14.7. The van der Waals surface area contributed by atoms with Crippen molar-refractivity contribution >= 4 is 29.5 Å². The number of hydroxylamine groups is 2. The first-order valence-electron chi connectivity index (χ1n) is 9.83. The summed E-state index contributed by atoms with van der Waals surface area (Å²) in [5.74, 6) is -0.224. The van der Waals surface area contributed by atoms with Crippen LogP contribution in [0.5, 0.6) is 0 Å². The molecule has 0 aliphatic rings. The molecule has 0 atom stereocenters. The van der Waals surface area contributed by atoms with Gasteiger partial charge in [-0.25, -0.2) is 10.1 Å². The third-order valence-corrected chi connectivity index (χ3v) is 5.36. The fourth-order valence-electron chi connectivity index (χ4n) is 3.58. The van der Waals surface area contributed by atoms with Crippen molar-refractivity contribution in [3.8, 4) is 22.4 Å². The van der Waals surface area contributed by atoms with Crippen molar-refractivity contribution in [2.24, 2.45) is 12.0 Å². The van der Waals surface area contributed by atoms with Gasteiger partial charge >= 0.3 is 0 Å². The second kappa shape index (κ2) is 9.37. The fraction of sp³-hybridized carbons (Fsp3) is 0.250. The number of benzene rings is 2. The molecular formula is C24H27ClN4O2. The van der Waals surface area contributed by atoms with Crippen LogP contribution in [0.1, 0.15) is 16.1 Å². The molecule has 0 unspecified atom stereocenters. The van der Waals surface area contributed by atoms with Gasteiger partial charge < -0.3 is 9.47 Å². The monoisotopic (exact) mass is 438 g/mol. The molecule has 0 saturated heterocycles. The number of amides is 1. The molecule has 1 heterocycles. The smallest absolute Gasteiger partial charge is 0.294 e. The van der Waals surface area contributed by atoms with Gasteiger partial charge in [0.05, 0.1) is 24.8 Å². The zero-order valence-corrected chi connectivity index (χ0v) is 19.4. The van der Waals surface area contributed by atoms with Crippen molar-refractivity contribution in [3.05, 3.63) is 64.8 Å². The number of hydrogen-bond donors (Lipinski definition) is 0. The minimum Gasteiger partial charge on any atom is -0.369 e. The molecule has 0 N–H and O–H groups in total. The Hall–Kier alpha value is -3.09. The van der Waals surface area contributed by atoms with Crippen molar-refractivity contribution in [2.45, 2.75) is 6.92 Å². The Bertz CT molecular complexity index is 1100. The molecule has 7 heteroatoms. The number of hydrogen-bond acceptors (Lipinski definition) is 3. The maximum atomic E-state index is 13.2. The number of carbonyl (C=O) groups excluding carboxylic acids is 1. The van der Waals surface area contributed by atoms with Crippen LogP contribution in [-0.4, -0.2) is 55.0 Å². The van der Waals surface area contributed by atoms with Crippen LogP contribution in [0.25, 0.3) is 22.4 Å². The van der Waals surface area contributed by atoms with Gasteiger partial charge in [-0.05, 0) is 47.9 Å². The van der Waals surface area contributed by atoms with E-state index in [1.54, 1.807) is 13.4 Å². The summed E-state index contributed by atoms with van der Waals surface area (Å²) < 4.78 is 1.92. The fourth-order valence-corrected chi connectivity index (χ4v) is 3.70. The predicted octanol–water partition coefficient (Wildman–Crippen LogP) is 5.18. The Labute approximate surface area is 188 Å². The Kier molecular flexibility index (Phi) is 6.83. The van der Waals surface area contributed by atoms with Crippen molar-refractivity contribution in [2.75, 3.05) is 28.3 Å². The molecule has 0 aliphatic heterocycles. The molecule has 3 aromatic rings. The van der Waals surface area contributed by atoms with E-state index in [1.807, 2.05) is 86.1 Å². The van der Waals surface area contributed by atoms with Gasteiger partial charge in [-0.3, -0.25) is 9.63 Å². The zero-order valence-electron chi connectivity index (χ0n) is 18.7. The summed E-state index contributed by atoms with van der Waals surface area (Å²) in [6.07, 6.45) is 1.75. The largest absolute Gasteiger partial charge is 0.369 e. The molecule has 0 radical (unpaired) electrons. The molecule has 1 aromatic heterocycles. The number of halogens is 1. The molecule has 2 aromatic carbocycles. The second-order valence-corrected chi connectivity index (χ2v) is 7.94. The van der Waals surface area contributed by atoms with Gasteiger partial charge in [-0.1, -0.05) is 35.9 Å². The summed E-state index contributed by atoms with van der Waals surface area (Å²) in [5, 5.41) is 1.90. The molecule has 162 valence electrons. The number of aromatic nitrogens is 1. The lowest BCUT2D eigenvalue weighted by Gasteiger charge is -2.16.